The number of hydrogen-bond acceptors (Lipinski definition) is 3. The second-order valence-corrected chi connectivity index (χ2v) is 6.96. The van der Waals surface area contributed by atoms with E-state index in [-0.39, 0.29) is 29.6 Å². The summed E-state index contributed by atoms with van der Waals surface area (Å²) in [5, 5.41) is 6.72. The van der Waals surface area contributed by atoms with E-state index in [1.54, 1.807) is 7.11 Å². The predicted octanol–water partition coefficient (Wildman–Crippen LogP) is 2.71. The van der Waals surface area contributed by atoms with Crippen molar-refractivity contribution in [2.75, 3.05) is 46.4 Å². The number of hydrogen-bond donors (Lipinski definition) is 2. The number of ether oxygens (including phenoxy) is 1. The molecular weight excluding hydrogens is 403 g/mol. The van der Waals surface area contributed by atoms with Gasteiger partial charge in [0, 0.05) is 20.2 Å². The summed E-state index contributed by atoms with van der Waals surface area (Å²) in [4.78, 5) is 7.19. The number of methoxy groups -OCH3 is 1. The van der Waals surface area contributed by atoms with E-state index in [0.717, 1.165) is 31.4 Å². The third-order valence-corrected chi connectivity index (χ3v) is 4.33. The fourth-order valence-electron chi connectivity index (χ4n) is 2.47. The van der Waals surface area contributed by atoms with E-state index in [1.165, 1.54) is 32.5 Å². The molecule has 138 valence electrons. The Morgan fingerprint density at radius 3 is 2.48 bits per heavy atom. The summed E-state index contributed by atoms with van der Waals surface area (Å²) in [6, 6.07) is 0. The highest BCUT2D eigenvalue weighted by atomic mass is 127. The quantitative estimate of drug-likeness (QED) is 0.264. The third kappa shape index (κ3) is 10.4. The summed E-state index contributed by atoms with van der Waals surface area (Å²) in [6.07, 6.45) is 3.86. The largest absolute Gasteiger partial charge is 0.377 e. The first-order valence-electron chi connectivity index (χ1n) is 8.76. The number of aliphatic imine (C=N–C) groups is 1. The first-order chi connectivity index (χ1) is 10.5. The highest BCUT2D eigenvalue weighted by molar-refractivity contribution is 14.0. The highest BCUT2D eigenvalue weighted by Gasteiger charge is 2.16. The zero-order valence-electron chi connectivity index (χ0n) is 15.7. The van der Waals surface area contributed by atoms with Crippen LogP contribution in [-0.2, 0) is 4.74 Å². The molecule has 0 saturated carbocycles. The summed E-state index contributed by atoms with van der Waals surface area (Å²) < 4.78 is 5.41. The number of likely N-dealkylation sites (tertiary alicyclic amines) is 1. The molecule has 1 saturated heterocycles. The van der Waals surface area contributed by atoms with Gasteiger partial charge in [0.25, 0.3) is 0 Å². The average Bonchev–Trinajstić information content (AvgIpc) is 2.51. The van der Waals surface area contributed by atoms with Gasteiger partial charge in [0.1, 0.15) is 0 Å². The number of piperidine rings is 1. The number of nitrogens with one attached hydrogen (secondary N) is 2. The maximum Gasteiger partial charge on any atom is 0.191 e. The maximum atomic E-state index is 5.41. The number of halogens is 1. The smallest absolute Gasteiger partial charge is 0.191 e. The molecule has 0 aromatic heterocycles. The Labute approximate surface area is 160 Å². The zero-order valence-corrected chi connectivity index (χ0v) is 18.0. The van der Waals surface area contributed by atoms with Crippen molar-refractivity contribution >= 4 is 29.9 Å². The van der Waals surface area contributed by atoms with Crippen LogP contribution in [0.2, 0.25) is 0 Å². The first kappa shape index (κ1) is 22.9. The van der Waals surface area contributed by atoms with E-state index in [2.05, 4.69) is 48.2 Å². The summed E-state index contributed by atoms with van der Waals surface area (Å²) >= 11 is 0. The van der Waals surface area contributed by atoms with Gasteiger partial charge in [-0.3, -0.25) is 4.99 Å². The Bertz CT molecular complexity index is 329. The van der Waals surface area contributed by atoms with E-state index in [0.29, 0.717) is 6.54 Å². The van der Waals surface area contributed by atoms with Crippen molar-refractivity contribution in [2.45, 2.75) is 52.6 Å². The molecule has 0 amide bonds. The van der Waals surface area contributed by atoms with Crippen LogP contribution in [0.15, 0.2) is 4.99 Å². The van der Waals surface area contributed by atoms with Gasteiger partial charge in [-0.25, -0.2) is 0 Å². The summed E-state index contributed by atoms with van der Waals surface area (Å²) in [5.74, 6) is 1.80. The van der Waals surface area contributed by atoms with E-state index < -0.39 is 0 Å². The van der Waals surface area contributed by atoms with Gasteiger partial charge in [-0.2, -0.15) is 0 Å². The Balaban J connectivity index is 0.00000484. The van der Waals surface area contributed by atoms with Gasteiger partial charge >= 0.3 is 0 Å². The molecule has 1 aliphatic heterocycles. The lowest BCUT2D eigenvalue weighted by Gasteiger charge is -2.30. The average molecular weight is 440 g/mol. The van der Waals surface area contributed by atoms with Crippen molar-refractivity contribution in [3.63, 3.8) is 0 Å². The van der Waals surface area contributed by atoms with Crippen LogP contribution in [-0.4, -0.2) is 62.8 Å². The lowest BCUT2D eigenvalue weighted by atomic mass is 9.99. The SMILES string of the molecule is CCNC(=NCC(C)(C)OC)NCCCN1CCC(C)CC1.I. The Kier molecular flexibility index (Phi) is 12.3. The van der Waals surface area contributed by atoms with E-state index >= 15 is 0 Å². The molecule has 1 heterocycles. The lowest BCUT2D eigenvalue weighted by molar-refractivity contribution is 0.0310. The Morgan fingerprint density at radius 1 is 1.26 bits per heavy atom. The Morgan fingerprint density at radius 2 is 1.91 bits per heavy atom. The van der Waals surface area contributed by atoms with Crippen LogP contribution in [0.4, 0.5) is 0 Å². The van der Waals surface area contributed by atoms with Crippen molar-refractivity contribution in [3.8, 4) is 0 Å². The second kappa shape index (κ2) is 12.3. The van der Waals surface area contributed by atoms with Crippen LogP contribution < -0.4 is 10.6 Å². The monoisotopic (exact) mass is 440 g/mol. The van der Waals surface area contributed by atoms with Crippen molar-refractivity contribution in [1.82, 2.24) is 15.5 Å². The van der Waals surface area contributed by atoms with Crippen LogP contribution in [0.1, 0.15) is 47.0 Å². The molecule has 5 nitrogen and oxygen atoms in total. The molecule has 0 aromatic carbocycles. The van der Waals surface area contributed by atoms with Crippen molar-refractivity contribution in [1.29, 1.82) is 0 Å². The van der Waals surface area contributed by atoms with Crippen LogP contribution >= 0.6 is 24.0 Å². The first-order valence-corrected chi connectivity index (χ1v) is 8.76. The molecule has 1 fully saturated rings. The molecule has 1 rings (SSSR count). The normalized spacial score (nSPS) is 17.7. The molecule has 0 aromatic rings. The molecule has 2 N–H and O–H groups in total. The molecule has 1 aliphatic rings. The minimum absolute atomic E-state index is 0. The predicted molar refractivity (Wildman–Crippen MR) is 110 cm³/mol. The molecule has 0 radical (unpaired) electrons. The van der Waals surface area contributed by atoms with Crippen LogP contribution in [0, 0.1) is 5.92 Å². The van der Waals surface area contributed by atoms with Crippen LogP contribution in [0.5, 0.6) is 0 Å². The number of nitrogens with zero attached hydrogens (tertiary/aromatic N) is 2. The summed E-state index contributed by atoms with van der Waals surface area (Å²) in [6.45, 7) is 14.8. The minimum atomic E-state index is -0.215. The fraction of sp³-hybridized carbons (Fsp3) is 0.941. The van der Waals surface area contributed by atoms with Crippen molar-refractivity contribution in [3.05, 3.63) is 0 Å². The zero-order chi connectivity index (χ0) is 16.4. The van der Waals surface area contributed by atoms with Gasteiger partial charge in [0.2, 0.25) is 0 Å². The van der Waals surface area contributed by atoms with Gasteiger partial charge in [0.05, 0.1) is 12.1 Å². The summed E-state index contributed by atoms with van der Waals surface area (Å²) in [7, 11) is 1.73. The van der Waals surface area contributed by atoms with Crippen LogP contribution in [0.3, 0.4) is 0 Å². The molecule has 6 heteroatoms. The molecular formula is C17H37IN4O. The third-order valence-electron chi connectivity index (χ3n) is 4.33. The minimum Gasteiger partial charge on any atom is -0.377 e. The van der Waals surface area contributed by atoms with Gasteiger partial charge in [-0.1, -0.05) is 6.92 Å². The van der Waals surface area contributed by atoms with E-state index in [4.69, 9.17) is 4.74 Å². The van der Waals surface area contributed by atoms with Gasteiger partial charge in [-0.15, -0.1) is 24.0 Å². The molecule has 0 spiro atoms. The van der Waals surface area contributed by atoms with Gasteiger partial charge < -0.3 is 20.3 Å². The molecule has 0 bridgehead atoms. The van der Waals surface area contributed by atoms with Gasteiger partial charge in [0.15, 0.2) is 5.96 Å². The summed E-state index contributed by atoms with van der Waals surface area (Å²) in [5.41, 5.74) is -0.215. The highest BCUT2D eigenvalue weighted by Crippen LogP contribution is 2.15. The van der Waals surface area contributed by atoms with Crippen molar-refractivity contribution in [2.24, 2.45) is 10.9 Å². The molecule has 0 aliphatic carbocycles. The van der Waals surface area contributed by atoms with E-state index in [1.807, 2.05) is 0 Å². The Hall–Kier alpha value is -0.0800. The molecule has 0 unspecified atom stereocenters. The standard InChI is InChI=1S/C17H36N4O.HI/c1-6-18-16(20-14-17(3,4)22-5)19-10-7-11-21-12-8-15(2)9-13-21;/h15H,6-14H2,1-5H3,(H2,18,19,20);1H. The molecule has 23 heavy (non-hydrogen) atoms. The van der Waals surface area contributed by atoms with Gasteiger partial charge in [-0.05, 0) is 65.6 Å². The maximum absolute atomic E-state index is 5.41. The topological polar surface area (TPSA) is 48.9 Å². The number of guanidine groups is 1. The fourth-order valence-corrected chi connectivity index (χ4v) is 2.47. The lowest BCUT2D eigenvalue weighted by Crippen LogP contribution is -2.41. The number of rotatable bonds is 8. The van der Waals surface area contributed by atoms with Crippen molar-refractivity contribution < 1.29 is 4.74 Å². The van der Waals surface area contributed by atoms with Crippen LogP contribution in [0.25, 0.3) is 0 Å². The second-order valence-electron chi connectivity index (χ2n) is 6.96. The molecule has 0 atom stereocenters. The van der Waals surface area contributed by atoms with E-state index in [9.17, 15) is 0 Å².